The van der Waals surface area contributed by atoms with Crippen LogP contribution in [-0.4, -0.2) is 38.5 Å². The first kappa shape index (κ1) is 17.1. The molecule has 0 spiro atoms. The SMILES string of the molecule is Cc1ccc(S(=O)(=O)CC(O)CNCC(C)C)c(C)c1. The molecule has 1 rings (SSSR count). The second kappa shape index (κ2) is 7.20. The van der Waals surface area contributed by atoms with Crippen LogP contribution in [0.5, 0.6) is 0 Å². The highest BCUT2D eigenvalue weighted by atomic mass is 32.2. The third-order valence-electron chi connectivity index (χ3n) is 3.01. The van der Waals surface area contributed by atoms with E-state index >= 15 is 0 Å². The van der Waals surface area contributed by atoms with Gasteiger partial charge in [-0.3, -0.25) is 0 Å². The predicted molar refractivity (Wildman–Crippen MR) is 81.7 cm³/mol. The van der Waals surface area contributed by atoms with Crippen LogP contribution in [-0.2, 0) is 9.84 Å². The molecule has 0 bridgehead atoms. The van der Waals surface area contributed by atoms with Gasteiger partial charge in [0.05, 0.1) is 16.8 Å². The van der Waals surface area contributed by atoms with Gasteiger partial charge in [-0.05, 0) is 37.9 Å². The Kier molecular flexibility index (Phi) is 6.17. The molecule has 0 saturated heterocycles. The Morgan fingerprint density at radius 2 is 1.85 bits per heavy atom. The summed E-state index contributed by atoms with van der Waals surface area (Å²) < 4.78 is 24.6. The number of sulfone groups is 1. The van der Waals surface area contributed by atoms with Crippen LogP contribution in [0.3, 0.4) is 0 Å². The average molecular weight is 299 g/mol. The maximum absolute atomic E-state index is 12.3. The van der Waals surface area contributed by atoms with Crippen LogP contribution in [0.2, 0.25) is 0 Å². The van der Waals surface area contributed by atoms with Crippen LogP contribution in [0.4, 0.5) is 0 Å². The van der Waals surface area contributed by atoms with Gasteiger partial charge in [-0.25, -0.2) is 8.42 Å². The van der Waals surface area contributed by atoms with Crippen LogP contribution < -0.4 is 5.32 Å². The molecule has 0 aliphatic heterocycles. The zero-order valence-electron chi connectivity index (χ0n) is 12.7. The lowest BCUT2D eigenvalue weighted by atomic mass is 10.2. The number of hydrogen-bond acceptors (Lipinski definition) is 4. The second-order valence-corrected chi connectivity index (χ2v) is 7.76. The monoisotopic (exact) mass is 299 g/mol. The fourth-order valence-electron chi connectivity index (χ4n) is 2.09. The Hall–Kier alpha value is -0.910. The highest BCUT2D eigenvalue weighted by molar-refractivity contribution is 7.91. The molecule has 0 aliphatic carbocycles. The van der Waals surface area contributed by atoms with E-state index in [0.29, 0.717) is 17.4 Å². The molecule has 0 fully saturated rings. The van der Waals surface area contributed by atoms with E-state index in [2.05, 4.69) is 19.2 Å². The molecule has 5 heteroatoms. The lowest BCUT2D eigenvalue weighted by molar-refractivity contribution is 0.192. The quantitative estimate of drug-likeness (QED) is 0.804. The van der Waals surface area contributed by atoms with Gasteiger partial charge in [-0.1, -0.05) is 31.5 Å². The van der Waals surface area contributed by atoms with Crippen molar-refractivity contribution >= 4 is 9.84 Å². The highest BCUT2D eigenvalue weighted by Crippen LogP contribution is 2.18. The maximum atomic E-state index is 12.3. The van der Waals surface area contributed by atoms with E-state index < -0.39 is 15.9 Å². The fourth-order valence-corrected chi connectivity index (χ4v) is 3.72. The van der Waals surface area contributed by atoms with Gasteiger partial charge < -0.3 is 10.4 Å². The van der Waals surface area contributed by atoms with Crippen LogP contribution in [0.15, 0.2) is 23.1 Å². The number of aliphatic hydroxyl groups is 1. The minimum atomic E-state index is -3.45. The Bertz CT molecular complexity index is 538. The summed E-state index contributed by atoms with van der Waals surface area (Å²) in [5, 5.41) is 12.9. The van der Waals surface area contributed by atoms with Crippen LogP contribution >= 0.6 is 0 Å². The first-order valence-electron chi connectivity index (χ1n) is 6.91. The van der Waals surface area contributed by atoms with Gasteiger partial charge >= 0.3 is 0 Å². The predicted octanol–water partition coefficient (Wildman–Crippen LogP) is 1.68. The smallest absolute Gasteiger partial charge is 0.181 e. The molecule has 1 aromatic carbocycles. The Morgan fingerprint density at radius 1 is 1.20 bits per heavy atom. The summed E-state index contributed by atoms with van der Waals surface area (Å²) in [4.78, 5) is 0.311. The molecule has 0 aliphatic rings. The Balaban J connectivity index is 2.69. The Morgan fingerprint density at radius 3 is 2.40 bits per heavy atom. The molecule has 20 heavy (non-hydrogen) atoms. The third-order valence-corrected chi connectivity index (χ3v) is 4.96. The highest BCUT2D eigenvalue weighted by Gasteiger charge is 2.21. The molecule has 1 unspecified atom stereocenters. The molecule has 1 atom stereocenters. The number of aliphatic hydroxyl groups excluding tert-OH is 1. The van der Waals surface area contributed by atoms with Crippen molar-refractivity contribution in [2.75, 3.05) is 18.8 Å². The van der Waals surface area contributed by atoms with Crippen molar-refractivity contribution in [3.05, 3.63) is 29.3 Å². The molecule has 0 saturated carbocycles. The summed E-state index contributed by atoms with van der Waals surface area (Å²) in [6.07, 6.45) is -0.889. The molecule has 0 radical (unpaired) electrons. The van der Waals surface area contributed by atoms with E-state index in [1.807, 2.05) is 13.0 Å². The average Bonchev–Trinajstić information content (AvgIpc) is 2.26. The van der Waals surface area contributed by atoms with Crippen molar-refractivity contribution in [3.8, 4) is 0 Å². The van der Waals surface area contributed by atoms with Gasteiger partial charge in [0.15, 0.2) is 9.84 Å². The third kappa shape index (κ3) is 5.23. The first-order chi connectivity index (χ1) is 9.22. The van der Waals surface area contributed by atoms with E-state index in [9.17, 15) is 13.5 Å². The van der Waals surface area contributed by atoms with Crippen molar-refractivity contribution in [1.82, 2.24) is 5.32 Å². The summed E-state index contributed by atoms with van der Waals surface area (Å²) in [5.41, 5.74) is 1.76. The molecule has 1 aromatic rings. The fraction of sp³-hybridized carbons (Fsp3) is 0.600. The van der Waals surface area contributed by atoms with Crippen molar-refractivity contribution in [3.63, 3.8) is 0 Å². The number of aryl methyl sites for hydroxylation is 2. The summed E-state index contributed by atoms with van der Waals surface area (Å²) in [6.45, 7) is 8.89. The van der Waals surface area contributed by atoms with E-state index in [1.54, 1.807) is 19.1 Å². The zero-order valence-corrected chi connectivity index (χ0v) is 13.5. The molecule has 0 amide bonds. The van der Waals surface area contributed by atoms with Gasteiger partial charge in [0.1, 0.15) is 0 Å². The van der Waals surface area contributed by atoms with E-state index in [0.717, 1.165) is 17.7 Å². The molecule has 4 nitrogen and oxygen atoms in total. The summed E-state index contributed by atoms with van der Waals surface area (Å²) in [6, 6.07) is 5.24. The minimum absolute atomic E-state index is 0.248. The van der Waals surface area contributed by atoms with Crippen molar-refractivity contribution in [2.45, 2.75) is 38.7 Å². The van der Waals surface area contributed by atoms with Gasteiger partial charge in [0, 0.05) is 6.54 Å². The first-order valence-corrected chi connectivity index (χ1v) is 8.56. The van der Waals surface area contributed by atoms with E-state index in [1.165, 1.54) is 0 Å². The number of nitrogens with one attached hydrogen (secondary N) is 1. The molecule has 0 aromatic heterocycles. The minimum Gasteiger partial charge on any atom is -0.391 e. The second-order valence-electron chi connectivity index (χ2n) is 5.76. The van der Waals surface area contributed by atoms with Gasteiger partial charge in [0.25, 0.3) is 0 Å². The lowest BCUT2D eigenvalue weighted by Crippen LogP contribution is -2.34. The van der Waals surface area contributed by atoms with Crippen molar-refractivity contribution < 1.29 is 13.5 Å². The number of benzene rings is 1. The largest absolute Gasteiger partial charge is 0.391 e. The summed E-state index contributed by atoms with van der Waals surface area (Å²) in [5.74, 6) is 0.222. The molecule has 0 heterocycles. The molecule has 2 N–H and O–H groups in total. The van der Waals surface area contributed by atoms with Gasteiger partial charge in [0.2, 0.25) is 0 Å². The maximum Gasteiger partial charge on any atom is 0.181 e. The van der Waals surface area contributed by atoms with Crippen LogP contribution in [0.1, 0.15) is 25.0 Å². The lowest BCUT2D eigenvalue weighted by Gasteiger charge is -2.14. The Labute approximate surface area is 122 Å². The molecular formula is C15H25NO3S. The normalized spacial score (nSPS) is 13.7. The number of rotatable bonds is 7. The van der Waals surface area contributed by atoms with E-state index in [-0.39, 0.29) is 5.75 Å². The zero-order chi connectivity index (χ0) is 15.3. The van der Waals surface area contributed by atoms with Crippen molar-refractivity contribution in [1.29, 1.82) is 0 Å². The summed E-state index contributed by atoms with van der Waals surface area (Å²) >= 11 is 0. The van der Waals surface area contributed by atoms with Gasteiger partial charge in [-0.15, -0.1) is 0 Å². The van der Waals surface area contributed by atoms with Crippen molar-refractivity contribution in [2.24, 2.45) is 5.92 Å². The van der Waals surface area contributed by atoms with Crippen LogP contribution in [0.25, 0.3) is 0 Å². The standard InChI is InChI=1S/C15H25NO3S/c1-11(2)8-16-9-14(17)10-20(18,19)15-6-5-12(3)7-13(15)4/h5-7,11,14,16-17H,8-10H2,1-4H3. The summed E-state index contributed by atoms with van der Waals surface area (Å²) in [7, 11) is -3.45. The van der Waals surface area contributed by atoms with E-state index in [4.69, 9.17) is 0 Å². The topological polar surface area (TPSA) is 66.4 Å². The molecular weight excluding hydrogens is 274 g/mol. The number of hydrogen-bond donors (Lipinski definition) is 2. The van der Waals surface area contributed by atoms with Crippen LogP contribution in [0, 0.1) is 19.8 Å². The van der Waals surface area contributed by atoms with Gasteiger partial charge in [-0.2, -0.15) is 0 Å². The molecule has 114 valence electrons.